The average Bonchev–Trinajstić information content (AvgIpc) is 3.03. The second-order valence-electron chi connectivity index (χ2n) is 9.59. The maximum absolute atomic E-state index is 2.52. The molecule has 0 aromatic heterocycles. The summed E-state index contributed by atoms with van der Waals surface area (Å²) in [6, 6.07) is 18.3. The quantitative estimate of drug-likeness (QED) is 0.406. The van der Waals surface area contributed by atoms with Crippen LogP contribution in [0.15, 0.2) is 48.5 Å². The van der Waals surface area contributed by atoms with Crippen molar-refractivity contribution in [3.63, 3.8) is 0 Å². The maximum atomic E-state index is 2.52. The zero-order chi connectivity index (χ0) is 19.2. The predicted molar refractivity (Wildman–Crippen MR) is 120 cm³/mol. The molecule has 0 unspecified atom stereocenters. The van der Waals surface area contributed by atoms with Gasteiger partial charge in [0.25, 0.3) is 0 Å². The van der Waals surface area contributed by atoms with E-state index in [1.165, 1.54) is 47.2 Å². The molecule has 27 heavy (non-hydrogen) atoms. The van der Waals surface area contributed by atoms with Gasteiger partial charge in [-0.15, -0.1) is 0 Å². The van der Waals surface area contributed by atoms with Crippen LogP contribution in [-0.4, -0.2) is 0 Å². The van der Waals surface area contributed by atoms with Crippen molar-refractivity contribution in [2.24, 2.45) is 17.8 Å². The number of benzene rings is 3. The van der Waals surface area contributed by atoms with Gasteiger partial charge in [-0.05, 0) is 75.1 Å². The molecule has 0 nitrogen and oxygen atoms in total. The molecule has 0 aliphatic heterocycles. The van der Waals surface area contributed by atoms with Gasteiger partial charge in [-0.25, -0.2) is 0 Å². The summed E-state index contributed by atoms with van der Waals surface area (Å²) in [6.45, 7) is 12.2. The van der Waals surface area contributed by atoms with Gasteiger partial charge in [-0.3, -0.25) is 0 Å². The first-order valence-electron chi connectivity index (χ1n) is 10.9. The number of hydrogen-bond donors (Lipinski definition) is 0. The van der Waals surface area contributed by atoms with E-state index in [4.69, 9.17) is 0 Å². The Bertz CT molecular complexity index is 964. The monoisotopic (exact) mass is 358 g/mol. The first kappa shape index (κ1) is 18.5. The molecule has 0 fully saturated rings. The highest BCUT2D eigenvalue weighted by atomic mass is 14.4. The highest BCUT2D eigenvalue weighted by Gasteiger charge is 2.39. The normalized spacial score (nSPS) is 21.7. The van der Waals surface area contributed by atoms with Gasteiger partial charge in [0, 0.05) is 0 Å². The van der Waals surface area contributed by atoms with Gasteiger partial charge in [0.15, 0.2) is 0 Å². The molecule has 3 aromatic rings. The Balaban J connectivity index is 1.71. The van der Waals surface area contributed by atoms with Crippen LogP contribution in [0, 0.1) is 17.8 Å². The summed E-state index contributed by atoms with van der Waals surface area (Å²) in [5.74, 6) is 2.34. The minimum atomic E-state index is 0.325. The summed E-state index contributed by atoms with van der Waals surface area (Å²) in [4.78, 5) is 0. The van der Waals surface area contributed by atoms with Crippen molar-refractivity contribution < 1.29 is 0 Å². The number of fused-ring (bicyclic) bond motifs is 5. The first-order chi connectivity index (χ1) is 12.9. The fourth-order valence-corrected chi connectivity index (χ4v) is 5.15. The molecule has 0 spiro atoms. The molecule has 4 rings (SSSR count). The van der Waals surface area contributed by atoms with Gasteiger partial charge in [0.2, 0.25) is 0 Å². The van der Waals surface area contributed by atoms with Crippen LogP contribution in [0.25, 0.3) is 21.5 Å². The lowest BCUT2D eigenvalue weighted by Gasteiger charge is -2.34. The summed E-state index contributed by atoms with van der Waals surface area (Å²) in [7, 11) is 0. The van der Waals surface area contributed by atoms with Gasteiger partial charge in [0.05, 0.1) is 0 Å². The van der Waals surface area contributed by atoms with Gasteiger partial charge >= 0.3 is 0 Å². The maximum Gasteiger partial charge on any atom is -0.00435 e. The molecule has 0 heterocycles. The molecule has 0 saturated carbocycles. The molecule has 0 bridgehead atoms. The Kier molecular flexibility index (Phi) is 4.78. The van der Waals surface area contributed by atoms with Crippen molar-refractivity contribution in [2.75, 3.05) is 0 Å². The molecule has 3 aromatic carbocycles. The summed E-state index contributed by atoms with van der Waals surface area (Å²) in [5.41, 5.74) is 3.56. The van der Waals surface area contributed by atoms with Gasteiger partial charge < -0.3 is 0 Å². The van der Waals surface area contributed by atoms with Crippen LogP contribution < -0.4 is 0 Å². The molecule has 0 amide bonds. The largest absolute Gasteiger partial charge is 0.0625 e. The molecular formula is C27H34. The SMILES string of the molecule is CC(C)[C@H](C)CC[C@@H](C)[C@]1(C)CCc2c1ccc1c2ccc2ccccc21. The van der Waals surface area contributed by atoms with Crippen LogP contribution in [0.1, 0.15) is 65.0 Å². The van der Waals surface area contributed by atoms with Crippen LogP contribution in [-0.2, 0) is 11.8 Å². The van der Waals surface area contributed by atoms with E-state index in [1.54, 1.807) is 11.1 Å². The lowest BCUT2D eigenvalue weighted by Crippen LogP contribution is -2.28. The summed E-state index contributed by atoms with van der Waals surface area (Å²) in [6.07, 6.45) is 5.21. The molecule has 0 N–H and O–H groups in total. The topological polar surface area (TPSA) is 0 Å². The Morgan fingerprint density at radius 2 is 1.56 bits per heavy atom. The standard InChI is InChI=1S/C27H34/c1-18(2)19(3)10-11-20(4)27(5)17-16-25-24-13-12-21-8-6-7-9-22(21)23(24)14-15-26(25)27/h6-9,12-15,18-20H,10-11,16-17H2,1-5H3/t19-,20-,27+/m1/s1. The van der Waals surface area contributed by atoms with Crippen LogP contribution in [0.3, 0.4) is 0 Å². The smallest absolute Gasteiger partial charge is 0.00435 e. The van der Waals surface area contributed by atoms with Crippen LogP contribution >= 0.6 is 0 Å². The Hall–Kier alpha value is -1.82. The minimum Gasteiger partial charge on any atom is -0.0625 e. The van der Waals surface area contributed by atoms with E-state index in [0.29, 0.717) is 5.41 Å². The molecule has 1 aliphatic rings. The molecular weight excluding hydrogens is 324 g/mol. The third kappa shape index (κ3) is 3.08. The first-order valence-corrected chi connectivity index (χ1v) is 10.9. The molecule has 0 saturated heterocycles. The Labute approximate surface area is 165 Å². The van der Waals surface area contributed by atoms with E-state index >= 15 is 0 Å². The van der Waals surface area contributed by atoms with E-state index in [2.05, 4.69) is 83.1 Å². The van der Waals surface area contributed by atoms with Crippen molar-refractivity contribution in [3.05, 3.63) is 59.7 Å². The van der Waals surface area contributed by atoms with Crippen molar-refractivity contribution in [1.82, 2.24) is 0 Å². The van der Waals surface area contributed by atoms with E-state index in [1.807, 2.05) is 0 Å². The third-order valence-electron chi connectivity index (χ3n) is 7.83. The lowest BCUT2D eigenvalue weighted by atomic mass is 9.70. The zero-order valence-corrected chi connectivity index (χ0v) is 17.7. The van der Waals surface area contributed by atoms with Gasteiger partial charge in [-0.2, -0.15) is 0 Å². The predicted octanol–water partition coefficient (Wildman–Crippen LogP) is 7.91. The fourth-order valence-electron chi connectivity index (χ4n) is 5.15. The van der Waals surface area contributed by atoms with Crippen molar-refractivity contribution >= 4 is 21.5 Å². The summed E-state index contributed by atoms with van der Waals surface area (Å²) < 4.78 is 0. The van der Waals surface area contributed by atoms with E-state index < -0.39 is 0 Å². The van der Waals surface area contributed by atoms with E-state index in [9.17, 15) is 0 Å². The van der Waals surface area contributed by atoms with Crippen molar-refractivity contribution in [2.45, 2.75) is 65.7 Å². The van der Waals surface area contributed by atoms with Crippen molar-refractivity contribution in [1.29, 1.82) is 0 Å². The van der Waals surface area contributed by atoms with E-state index in [-0.39, 0.29) is 0 Å². The fraction of sp³-hybridized carbons (Fsp3) is 0.481. The molecule has 0 radical (unpaired) electrons. The number of aryl methyl sites for hydroxylation is 1. The second kappa shape index (κ2) is 6.97. The zero-order valence-electron chi connectivity index (χ0n) is 17.7. The highest BCUT2D eigenvalue weighted by Crippen LogP contribution is 2.48. The average molecular weight is 359 g/mol. The minimum absolute atomic E-state index is 0.325. The number of hydrogen-bond acceptors (Lipinski definition) is 0. The lowest BCUT2D eigenvalue weighted by molar-refractivity contribution is 0.260. The highest BCUT2D eigenvalue weighted by molar-refractivity contribution is 6.08. The van der Waals surface area contributed by atoms with Crippen LogP contribution in [0.5, 0.6) is 0 Å². The molecule has 3 atom stereocenters. The molecule has 142 valence electrons. The van der Waals surface area contributed by atoms with Gasteiger partial charge in [-0.1, -0.05) is 89.6 Å². The molecule has 0 heteroatoms. The summed E-state index contributed by atoms with van der Waals surface area (Å²) >= 11 is 0. The third-order valence-corrected chi connectivity index (χ3v) is 7.83. The number of rotatable bonds is 5. The Morgan fingerprint density at radius 3 is 2.33 bits per heavy atom. The van der Waals surface area contributed by atoms with Crippen molar-refractivity contribution in [3.8, 4) is 0 Å². The summed E-state index contributed by atoms with van der Waals surface area (Å²) in [5, 5.41) is 5.65. The van der Waals surface area contributed by atoms with Crippen LogP contribution in [0.2, 0.25) is 0 Å². The Morgan fingerprint density at radius 1 is 0.815 bits per heavy atom. The van der Waals surface area contributed by atoms with Gasteiger partial charge in [0.1, 0.15) is 0 Å². The van der Waals surface area contributed by atoms with Crippen LogP contribution in [0.4, 0.5) is 0 Å². The second-order valence-corrected chi connectivity index (χ2v) is 9.59. The van der Waals surface area contributed by atoms with E-state index in [0.717, 1.165) is 17.8 Å². The molecule has 1 aliphatic carbocycles.